The van der Waals surface area contributed by atoms with Crippen LogP contribution >= 0.6 is 11.6 Å². The van der Waals surface area contributed by atoms with Gasteiger partial charge in [0.25, 0.3) is 0 Å². The lowest BCUT2D eigenvalue weighted by molar-refractivity contribution is 0.337. The molecule has 0 radical (unpaired) electrons. The SMILES string of the molecule is NCc1cccc(F)c1OC/C=C/Cl. The Bertz CT molecular complexity index is 328. The summed E-state index contributed by atoms with van der Waals surface area (Å²) in [5, 5.41) is 0. The Morgan fingerprint density at radius 2 is 2.29 bits per heavy atom. The predicted octanol–water partition coefficient (Wildman–Crippen LogP) is 2.42. The summed E-state index contributed by atoms with van der Waals surface area (Å²) in [6.45, 7) is 0.481. The Morgan fingerprint density at radius 3 is 2.93 bits per heavy atom. The monoisotopic (exact) mass is 215 g/mol. The molecular weight excluding hydrogens is 205 g/mol. The average molecular weight is 216 g/mol. The molecule has 0 unspecified atom stereocenters. The molecule has 0 saturated carbocycles. The minimum Gasteiger partial charge on any atom is -0.486 e. The number of ether oxygens (including phenoxy) is 1. The first-order valence-corrected chi connectivity index (χ1v) is 4.58. The number of hydrogen-bond acceptors (Lipinski definition) is 2. The van der Waals surface area contributed by atoms with Gasteiger partial charge in [0.05, 0.1) is 0 Å². The molecule has 0 amide bonds. The number of rotatable bonds is 4. The Hall–Kier alpha value is -1.06. The number of halogens is 2. The summed E-state index contributed by atoms with van der Waals surface area (Å²) in [6.07, 6.45) is 1.58. The van der Waals surface area contributed by atoms with Crippen molar-refractivity contribution in [3.63, 3.8) is 0 Å². The maximum Gasteiger partial charge on any atom is 0.165 e. The van der Waals surface area contributed by atoms with Gasteiger partial charge in [0.15, 0.2) is 11.6 Å². The average Bonchev–Trinajstić information content (AvgIpc) is 2.20. The summed E-state index contributed by atoms with van der Waals surface area (Å²) in [5.74, 6) is -0.208. The van der Waals surface area contributed by atoms with E-state index in [1.165, 1.54) is 11.6 Å². The largest absolute Gasteiger partial charge is 0.486 e. The normalized spacial score (nSPS) is 10.8. The van der Waals surface area contributed by atoms with E-state index in [2.05, 4.69) is 0 Å². The zero-order valence-corrected chi connectivity index (χ0v) is 8.30. The van der Waals surface area contributed by atoms with Crippen molar-refractivity contribution in [3.8, 4) is 5.75 Å². The number of benzene rings is 1. The van der Waals surface area contributed by atoms with E-state index in [1.807, 2.05) is 0 Å². The molecule has 2 N–H and O–H groups in total. The van der Waals surface area contributed by atoms with Crippen LogP contribution in [-0.4, -0.2) is 6.61 Å². The molecule has 14 heavy (non-hydrogen) atoms. The van der Waals surface area contributed by atoms with E-state index in [1.54, 1.807) is 18.2 Å². The minimum absolute atomic E-state index is 0.199. The Morgan fingerprint density at radius 1 is 1.50 bits per heavy atom. The summed E-state index contributed by atoms with van der Waals surface area (Å²) in [6, 6.07) is 4.66. The van der Waals surface area contributed by atoms with E-state index in [-0.39, 0.29) is 18.9 Å². The fraction of sp³-hybridized carbons (Fsp3) is 0.200. The predicted molar refractivity (Wildman–Crippen MR) is 54.8 cm³/mol. The van der Waals surface area contributed by atoms with Crippen molar-refractivity contribution in [1.82, 2.24) is 0 Å². The van der Waals surface area contributed by atoms with Gasteiger partial charge in [-0.15, -0.1) is 0 Å². The highest BCUT2D eigenvalue weighted by Gasteiger charge is 2.07. The van der Waals surface area contributed by atoms with Gasteiger partial charge in [-0.05, 0) is 12.1 Å². The van der Waals surface area contributed by atoms with Crippen LogP contribution < -0.4 is 10.5 Å². The third-order valence-corrected chi connectivity index (χ3v) is 1.86. The highest BCUT2D eigenvalue weighted by atomic mass is 35.5. The standard InChI is InChI=1S/C10H11ClFNO/c11-5-2-6-14-10-8(7-13)3-1-4-9(10)12/h1-5H,6-7,13H2/b5-2+. The maximum atomic E-state index is 13.2. The van der Waals surface area contributed by atoms with E-state index in [9.17, 15) is 4.39 Å². The van der Waals surface area contributed by atoms with Crippen LogP contribution in [-0.2, 0) is 6.54 Å². The highest BCUT2D eigenvalue weighted by molar-refractivity contribution is 6.25. The van der Waals surface area contributed by atoms with Crippen LogP contribution in [0.4, 0.5) is 4.39 Å². The third kappa shape index (κ3) is 2.72. The van der Waals surface area contributed by atoms with Crippen LogP contribution in [0.1, 0.15) is 5.56 Å². The maximum absolute atomic E-state index is 13.2. The fourth-order valence-electron chi connectivity index (χ4n) is 1.04. The van der Waals surface area contributed by atoms with E-state index < -0.39 is 5.82 Å². The first kappa shape index (κ1) is 11.0. The topological polar surface area (TPSA) is 35.2 Å². The molecule has 2 nitrogen and oxygen atoms in total. The molecule has 1 rings (SSSR count). The van der Waals surface area contributed by atoms with Gasteiger partial charge in [0, 0.05) is 17.6 Å². The highest BCUT2D eigenvalue weighted by Crippen LogP contribution is 2.21. The van der Waals surface area contributed by atoms with Gasteiger partial charge in [-0.3, -0.25) is 0 Å². The lowest BCUT2D eigenvalue weighted by Crippen LogP contribution is -2.04. The second kappa shape index (κ2) is 5.62. The summed E-state index contributed by atoms with van der Waals surface area (Å²) in [5.41, 5.74) is 7.40. The van der Waals surface area contributed by atoms with Crippen molar-refractivity contribution in [3.05, 3.63) is 41.2 Å². The molecule has 0 saturated heterocycles. The van der Waals surface area contributed by atoms with Crippen molar-refractivity contribution in [2.75, 3.05) is 6.61 Å². The van der Waals surface area contributed by atoms with Crippen molar-refractivity contribution in [2.24, 2.45) is 5.73 Å². The van der Waals surface area contributed by atoms with Gasteiger partial charge in [-0.25, -0.2) is 4.39 Å². The fourth-order valence-corrected chi connectivity index (χ4v) is 1.12. The zero-order valence-electron chi connectivity index (χ0n) is 7.54. The molecular formula is C10H11ClFNO. The van der Waals surface area contributed by atoms with Gasteiger partial charge in [-0.1, -0.05) is 23.7 Å². The van der Waals surface area contributed by atoms with Gasteiger partial charge in [0.2, 0.25) is 0 Å². The molecule has 0 aliphatic heterocycles. The van der Waals surface area contributed by atoms with Gasteiger partial charge in [-0.2, -0.15) is 0 Å². The van der Waals surface area contributed by atoms with Crippen LogP contribution in [0.15, 0.2) is 29.8 Å². The van der Waals surface area contributed by atoms with Gasteiger partial charge < -0.3 is 10.5 Å². The summed E-state index contributed by atoms with van der Waals surface area (Å²) in [7, 11) is 0. The Labute approximate surface area is 87.1 Å². The molecule has 1 aromatic rings. The number of nitrogens with two attached hydrogens (primary N) is 1. The first-order chi connectivity index (χ1) is 6.79. The number of hydrogen-bond donors (Lipinski definition) is 1. The molecule has 4 heteroatoms. The summed E-state index contributed by atoms with van der Waals surface area (Å²) in [4.78, 5) is 0. The Balaban J connectivity index is 2.82. The second-order valence-electron chi connectivity index (χ2n) is 2.60. The lowest BCUT2D eigenvalue weighted by Gasteiger charge is -2.08. The van der Waals surface area contributed by atoms with Crippen molar-refractivity contribution in [1.29, 1.82) is 0 Å². The minimum atomic E-state index is -0.407. The lowest BCUT2D eigenvalue weighted by atomic mass is 10.2. The molecule has 0 fully saturated rings. The Kier molecular flexibility index (Phi) is 4.43. The van der Waals surface area contributed by atoms with Crippen LogP contribution in [0, 0.1) is 5.82 Å². The van der Waals surface area contributed by atoms with Crippen molar-refractivity contribution in [2.45, 2.75) is 6.54 Å². The molecule has 0 atom stereocenters. The zero-order chi connectivity index (χ0) is 10.4. The molecule has 1 aromatic carbocycles. The van der Waals surface area contributed by atoms with Gasteiger partial charge >= 0.3 is 0 Å². The molecule has 0 bridgehead atoms. The van der Waals surface area contributed by atoms with Crippen molar-refractivity contribution < 1.29 is 9.13 Å². The summed E-state index contributed by atoms with van der Waals surface area (Å²) < 4.78 is 18.4. The van der Waals surface area contributed by atoms with E-state index >= 15 is 0 Å². The molecule has 0 spiro atoms. The van der Waals surface area contributed by atoms with E-state index in [0.717, 1.165) is 0 Å². The van der Waals surface area contributed by atoms with Crippen LogP contribution in [0.25, 0.3) is 0 Å². The summed E-state index contributed by atoms with van der Waals surface area (Å²) >= 11 is 5.30. The smallest absolute Gasteiger partial charge is 0.165 e. The second-order valence-corrected chi connectivity index (χ2v) is 2.86. The molecule has 0 aliphatic carbocycles. The molecule has 76 valence electrons. The third-order valence-electron chi connectivity index (χ3n) is 1.68. The molecule has 0 aliphatic rings. The van der Waals surface area contributed by atoms with E-state index in [4.69, 9.17) is 22.1 Å². The van der Waals surface area contributed by atoms with Crippen LogP contribution in [0.5, 0.6) is 5.75 Å². The molecule has 0 aromatic heterocycles. The first-order valence-electron chi connectivity index (χ1n) is 4.15. The molecule has 0 heterocycles. The van der Waals surface area contributed by atoms with Crippen molar-refractivity contribution >= 4 is 11.6 Å². The van der Waals surface area contributed by atoms with Crippen LogP contribution in [0.2, 0.25) is 0 Å². The quantitative estimate of drug-likeness (QED) is 0.837. The van der Waals surface area contributed by atoms with Crippen LogP contribution in [0.3, 0.4) is 0 Å². The number of para-hydroxylation sites is 1. The van der Waals surface area contributed by atoms with E-state index in [0.29, 0.717) is 5.56 Å². The van der Waals surface area contributed by atoms with Gasteiger partial charge in [0.1, 0.15) is 6.61 Å².